The summed E-state index contributed by atoms with van der Waals surface area (Å²) in [4.78, 5) is 66.7. The molecular formula is C96H181O25P. The number of carbonyl (C=O) groups excluding carboxylic acids is 4. The Bertz CT molecular complexity index is 2540. The van der Waals surface area contributed by atoms with Crippen LogP contribution in [0.3, 0.4) is 0 Å². The molecule has 3 fully saturated rings. The molecule has 0 aromatic rings. The number of esters is 4. The molecule has 122 heavy (non-hydrogen) atoms. The van der Waals surface area contributed by atoms with Crippen LogP contribution >= 0.6 is 7.82 Å². The maximum atomic E-state index is 14.9. The van der Waals surface area contributed by atoms with Gasteiger partial charge in [-0.25, -0.2) is 4.57 Å². The molecule has 1 saturated carbocycles. The monoisotopic (exact) mass is 1770 g/mol. The van der Waals surface area contributed by atoms with Gasteiger partial charge in [-0.2, -0.15) is 0 Å². The molecule has 0 spiro atoms. The standard InChI is InChI=1S/C96H181O25P/c1-6-10-14-18-22-25-28-31-34-37-39-42-45-48-55-61-67-79(98)112-72-76(115-81(100)69-63-57-49-46-43-40-36-33-30-27-24-20-16-12-8-3)73-114-122(110,111)121-94-92(119-95-89(108)85(104)83(102)77(71-97)116-95)88(107)87(106)91(118-82(101)70-64-58-50-47-44-41-38-35-32-29-26-23-19-15-11-7-2)93(94)120-96-90(109)86(105)84(103)78(117-96)74-113-80(99)68-62-56-52-51-54-60-66-75(5)65-59-53-21-17-13-9-4/h75-78,83-97,102-109H,6-74H2,1-5H3,(H,110,111). The highest BCUT2D eigenvalue weighted by atomic mass is 31.2. The van der Waals surface area contributed by atoms with E-state index in [1.54, 1.807) is 0 Å². The van der Waals surface area contributed by atoms with Crippen molar-refractivity contribution in [3.05, 3.63) is 0 Å². The van der Waals surface area contributed by atoms with Gasteiger partial charge in [0.25, 0.3) is 0 Å². The average Bonchev–Trinajstić information content (AvgIpc) is 0.753. The van der Waals surface area contributed by atoms with Gasteiger partial charge in [0.05, 0.1) is 13.2 Å². The van der Waals surface area contributed by atoms with Crippen molar-refractivity contribution in [3.63, 3.8) is 0 Å². The molecule has 0 aromatic heterocycles. The molecule has 0 aromatic carbocycles. The number of phosphoric acid groups is 1. The molecule has 0 radical (unpaired) electrons. The van der Waals surface area contributed by atoms with Crippen molar-refractivity contribution in [1.82, 2.24) is 0 Å². The smallest absolute Gasteiger partial charge is 0.463 e. The molecule has 1 aliphatic carbocycles. The first-order valence-electron chi connectivity index (χ1n) is 50.2. The highest BCUT2D eigenvalue weighted by Crippen LogP contribution is 2.49. The van der Waals surface area contributed by atoms with E-state index in [4.69, 9.17) is 46.9 Å². The number of hydrogen-bond acceptors (Lipinski definition) is 24. The summed E-state index contributed by atoms with van der Waals surface area (Å²) < 4.78 is 73.7. The molecular weight excluding hydrogens is 1580 g/mol. The van der Waals surface area contributed by atoms with E-state index in [-0.39, 0.29) is 25.7 Å². The number of unbranched alkanes of at least 4 members (excludes halogenated alkanes) is 54. The number of hydrogen-bond donors (Lipinski definition) is 10. The van der Waals surface area contributed by atoms with Crippen LogP contribution in [-0.4, -0.2) is 205 Å². The summed E-state index contributed by atoms with van der Waals surface area (Å²) in [6, 6.07) is 0. The summed E-state index contributed by atoms with van der Waals surface area (Å²) in [5.41, 5.74) is 0. The number of aliphatic hydroxyl groups is 9. The van der Waals surface area contributed by atoms with E-state index in [0.717, 1.165) is 128 Å². The summed E-state index contributed by atoms with van der Waals surface area (Å²) in [7, 11) is -5.81. The Morgan fingerprint density at radius 2 is 0.615 bits per heavy atom. The third kappa shape index (κ3) is 53.6. The number of rotatable bonds is 82. The topological polar surface area (TPSA) is 380 Å². The van der Waals surface area contributed by atoms with E-state index in [0.29, 0.717) is 38.0 Å². The Hall–Kier alpha value is -2.53. The summed E-state index contributed by atoms with van der Waals surface area (Å²) in [5, 5.41) is 103. The molecule has 3 rings (SSSR count). The van der Waals surface area contributed by atoms with Gasteiger partial charge in [-0.15, -0.1) is 0 Å². The average molecular weight is 1770 g/mol. The minimum Gasteiger partial charge on any atom is -0.463 e. The lowest BCUT2D eigenvalue weighted by molar-refractivity contribution is -0.360. The Morgan fingerprint density at radius 1 is 0.320 bits per heavy atom. The van der Waals surface area contributed by atoms with E-state index < -0.39 is 162 Å². The third-order valence-corrected chi connectivity index (χ3v) is 26.0. The van der Waals surface area contributed by atoms with Crippen molar-refractivity contribution < 1.29 is 122 Å². The van der Waals surface area contributed by atoms with Gasteiger partial charge in [0.1, 0.15) is 92.6 Å². The van der Waals surface area contributed by atoms with E-state index in [1.165, 1.54) is 231 Å². The summed E-state index contributed by atoms with van der Waals surface area (Å²) in [5.74, 6) is -2.25. The molecule has 2 saturated heterocycles. The molecule has 25 nitrogen and oxygen atoms in total. The summed E-state index contributed by atoms with van der Waals surface area (Å²) in [6.07, 6.45) is 32.0. The van der Waals surface area contributed by atoms with Crippen molar-refractivity contribution >= 4 is 31.7 Å². The van der Waals surface area contributed by atoms with E-state index in [2.05, 4.69) is 34.6 Å². The fraction of sp³-hybridized carbons (Fsp3) is 0.958. The first kappa shape index (κ1) is 114. The Labute approximate surface area is 738 Å². The van der Waals surface area contributed by atoms with Gasteiger partial charge in [-0.05, 0) is 31.6 Å². The zero-order valence-electron chi connectivity index (χ0n) is 77.2. The van der Waals surface area contributed by atoms with E-state index in [1.807, 2.05) is 0 Å². The molecule has 2 heterocycles. The maximum absolute atomic E-state index is 14.9. The SMILES string of the molecule is CCCCCCCCCCCCCCCCCCC(=O)OCC(COP(=O)(O)OC1C(OC2OC(CO)C(O)C(O)C2O)C(O)C(O)C(OC(=O)CCCCCCCCCCCCCCCCCC)C1OC1OC(COC(=O)CCCCCCCCC(C)CCCCCCCC)C(O)C(O)C1O)OC(=O)CCCCCCCCCCCCCCCCC. The fourth-order valence-electron chi connectivity index (χ4n) is 17.0. The van der Waals surface area contributed by atoms with Crippen molar-refractivity contribution in [1.29, 1.82) is 0 Å². The van der Waals surface area contributed by atoms with E-state index in [9.17, 15) is 74.6 Å². The lowest BCUT2D eigenvalue weighted by Crippen LogP contribution is -2.70. The molecule has 720 valence electrons. The van der Waals surface area contributed by atoms with Crippen LogP contribution in [0.1, 0.15) is 452 Å². The predicted octanol–water partition coefficient (Wildman–Crippen LogP) is 19.6. The molecule has 2 aliphatic heterocycles. The largest absolute Gasteiger partial charge is 0.472 e. The van der Waals surface area contributed by atoms with Crippen molar-refractivity contribution in [2.45, 2.75) is 556 Å². The fourth-order valence-corrected chi connectivity index (χ4v) is 17.9. The highest BCUT2D eigenvalue weighted by Gasteiger charge is 2.60. The lowest BCUT2D eigenvalue weighted by Gasteiger charge is -2.50. The van der Waals surface area contributed by atoms with Gasteiger partial charge < -0.3 is 88.7 Å². The van der Waals surface area contributed by atoms with Crippen LogP contribution in [0.2, 0.25) is 0 Å². The second-order valence-corrected chi connectivity index (χ2v) is 37.7. The summed E-state index contributed by atoms with van der Waals surface area (Å²) >= 11 is 0. The zero-order valence-corrected chi connectivity index (χ0v) is 78.1. The first-order valence-corrected chi connectivity index (χ1v) is 51.7. The van der Waals surface area contributed by atoms with E-state index >= 15 is 0 Å². The van der Waals surface area contributed by atoms with Gasteiger partial charge >= 0.3 is 31.7 Å². The van der Waals surface area contributed by atoms with Gasteiger partial charge in [0, 0.05) is 25.7 Å². The van der Waals surface area contributed by atoms with Crippen LogP contribution in [0, 0.1) is 5.92 Å². The Balaban J connectivity index is 1.90. The molecule has 3 aliphatic rings. The number of phosphoric ester groups is 1. The predicted molar refractivity (Wildman–Crippen MR) is 477 cm³/mol. The van der Waals surface area contributed by atoms with Crippen LogP contribution in [-0.2, 0) is 70.7 Å². The normalized spacial score (nSPS) is 24.7. The first-order chi connectivity index (χ1) is 59.1. The number of ether oxygens (including phenoxy) is 8. The molecule has 19 atom stereocenters. The summed E-state index contributed by atoms with van der Waals surface area (Å²) in [6.45, 7) is 8.00. The van der Waals surface area contributed by atoms with Crippen LogP contribution in [0.4, 0.5) is 0 Å². The van der Waals surface area contributed by atoms with Crippen molar-refractivity contribution in [2.75, 3.05) is 26.4 Å². The van der Waals surface area contributed by atoms with Crippen molar-refractivity contribution in [2.24, 2.45) is 5.92 Å². The van der Waals surface area contributed by atoms with Crippen LogP contribution in [0.15, 0.2) is 0 Å². The maximum Gasteiger partial charge on any atom is 0.472 e. The van der Waals surface area contributed by atoms with Crippen LogP contribution in [0.5, 0.6) is 0 Å². The molecule has 19 unspecified atom stereocenters. The zero-order chi connectivity index (χ0) is 89.1. The second-order valence-electron chi connectivity index (χ2n) is 36.3. The van der Waals surface area contributed by atoms with Gasteiger partial charge in [-0.1, -0.05) is 401 Å². The third-order valence-electron chi connectivity index (χ3n) is 25.0. The number of aliphatic hydroxyl groups excluding tert-OH is 9. The van der Waals surface area contributed by atoms with Crippen LogP contribution < -0.4 is 0 Å². The van der Waals surface area contributed by atoms with Gasteiger partial charge in [0.2, 0.25) is 0 Å². The molecule has 0 amide bonds. The lowest BCUT2D eigenvalue weighted by atomic mass is 9.84. The Kier molecular flexibility index (Phi) is 69.1. The second kappa shape index (κ2) is 74.2. The van der Waals surface area contributed by atoms with Gasteiger partial charge in [0.15, 0.2) is 24.8 Å². The highest BCUT2D eigenvalue weighted by molar-refractivity contribution is 7.47. The molecule has 10 N–H and O–H groups in total. The van der Waals surface area contributed by atoms with Crippen LogP contribution in [0.25, 0.3) is 0 Å². The Morgan fingerprint density at radius 3 is 0.975 bits per heavy atom. The number of carbonyl (C=O) groups is 4. The minimum atomic E-state index is -5.81. The van der Waals surface area contributed by atoms with Gasteiger partial charge in [-0.3, -0.25) is 28.2 Å². The quantitative estimate of drug-likeness (QED) is 0.0117. The van der Waals surface area contributed by atoms with Crippen molar-refractivity contribution in [3.8, 4) is 0 Å². The molecule has 26 heteroatoms. The molecule has 0 bridgehead atoms. The minimum absolute atomic E-state index is 0.0175.